The first-order valence-corrected chi connectivity index (χ1v) is 15.0. The van der Waals surface area contributed by atoms with Crippen LogP contribution in [0.15, 0.2) is 113 Å². The minimum absolute atomic E-state index is 0.00176. The second-order valence-corrected chi connectivity index (χ2v) is 10.7. The molecule has 1 heterocycles. The molecule has 238 valence electrons. The molecule has 3 aromatic rings. The van der Waals surface area contributed by atoms with Crippen molar-refractivity contribution in [3.8, 4) is 11.5 Å². The van der Waals surface area contributed by atoms with E-state index in [1.165, 1.54) is 12.4 Å². The Labute approximate surface area is 273 Å². The summed E-state index contributed by atoms with van der Waals surface area (Å²) in [5.41, 5.74) is 7.73. The molecule has 11 nitrogen and oxygen atoms in total. The van der Waals surface area contributed by atoms with Gasteiger partial charge < -0.3 is 14.7 Å². The number of likely N-dealkylation sites (tertiary alicyclic amines) is 1. The summed E-state index contributed by atoms with van der Waals surface area (Å²) in [5, 5.41) is 24.3. The number of halogens is 1. The molecule has 3 aromatic carbocycles. The van der Waals surface area contributed by atoms with Crippen molar-refractivity contribution in [2.75, 3.05) is 26.2 Å². The molecule has 0 bridgehead atoms. The standard InChI is InChI=1S/C34H36ClN7O4/c1-3-17-38-42(24-33(44)39-36-21-26-11-13-29(35)14-12-26)19-15-25(2)41-18-16-31(23-41)46-30-9-6-8-27(20-30)34(45)40-37-22-28-7-4-5-10-32(28)43/h3-15,17,20-22,31,43H,1,16,18-19,23-24H2,2H3,(H,39,44)(H,40,45)/b25-15+,36-21+,37-22+,38-17+. The topological polar surface area (TPSA) is 131 Å². The van der Waals surface area contributed by atoms with E-state index in [4.69, 9.17) is 16.3 Å². The highest BCUT2D eigenvalue weighted by atomic mass is 35.5. The third-order valence-corrected chi connectivity index (χ3v) is 7.13. The zero-order chi connectivity index (χ0) is 32.7. The second-order valence-electron chi connectivity index (χ2n) is 10.3. The zero-order valence-electron chi connectivity index (χ0n) is 25.4. The maximum Gasteiger partial charge on any atom is 0.271 e. The molecule has 3 N–H and O–H groups in total. The van der Waals surface area contributed by atoms with Crippen molar-refractivity contribution < 1.29 is 19.4 Å². The molecule has 1 unspecified atom stereocenters. The van der Waals surface area contributed by atoms with Crippen molar-refractivity contribution in [2.45, 2.75) is 19.4 Å². The Balaban J connectivity index is 1.26. The number of amides is 2. The molecule has 1 aliphatic rings. The molecule has 12 heteroatoms. The van der Waals surface area contributed by atoms with E-state index in [1.54, 1.807) is 84.0 Å². The van der Waals surface area contributed by atoms with Gasteiger partial charge in [0.1, 0.15) is 24.1 Å². The van der Waals surface area contributed by atoms with Gasteiger partial charge >= 0.3 is 0 Å². The Bertz CT molecular complexity index is 1620. The largest absolute Gasteiger partial charge is 0.507 e. The normalized spacial score (nSPS) is 15.0. The third kappa shape index (κ3) is 10.6. The van der Waals surface area contributed by atoms with E-state index in [-0.39, 0.29) is 24.3 Å². The molecule has 0 saturated carbocycles. The average Bonchev–Trinajstić information content (AvgIpc) is 3.52. The number of nitrogens with zero attached hydrogens (tertiary/aromatic N) is 5. The van der Waals surface area contributed by atoms with Gasteiger partial charge in [-0.25, -0.2) is 10.9 Å². The van der Waals surface area contributed by atoms with Crippen LogP contribution >= 0.6 is 11.6 Å². The Kier molecular flexibility index (Phi) is 12.5. The molecular formula is C34H36ClN7O4. The van der Waals surface area contributed by atoms with Gasteiger partial charge in [-0.3, -0.25) is 14.6 Å². The summed E-state index contributed by atoms with van der Waals surface area (Å²) in [6.07, 6.45) is 8.75. The summed E-state index contributed by atoms with van der Waals surface area (Å²) in [7, 11) is 0. The maximum absolute atomic E-state index is 12.6. The monoisotopic (exact) mass is 641 g/mol. The predicted octanol–water partition coefficient (Wildman–Crippen LogP) is 4.79. The number of phenolic OH excluding ortho intramolecular Hbond substituents is 1. The Morgan fingerprint density at radius 3 is 2.65 bits per heavy atom. The Morgan fingerprint density at radius 1 is 1.09 bits per heavy atom. The van der Waals surface area contributed by atoms with E-state index in [1.807, 2.05) is 19.1 Å². The average molecular weight is 642 g/mol. The quantitative estimate of drug-likeness (QED) is 0.171. The molecule has 1 fully saturated rings. The lowest BCUT2D eigenvalue weighted by Gasteiger charge is -2.21. The maximum atomic E-state index is 12.6. The molecule has 1 saturated heterocycles. The van der Waals surface area contributed by atoms with Crippen molar-refractivity contribution in [2.24, 2.45) is 15.3 Å². The summed E-state index contributed by atoms with van der Waals surface area (Å²) in [4.78, 5) is 27.3. The van der Waals surface area contributed by atoms with Crippen LogP contribution in [0.3, 0.4) is 0 Å². The van der Waals surface area contributed by atoms with Gasteiger partial charge in [-0.1, -0.05) is 48.5 Å². The summed E-state index contributed by atoms with van der Waals surface area (Å²) in [5.74, 6) is -0.0507. The van der Waals surface area contributed by atoms with Crippen LogP contribution in [0.4, 0.5) is 0 Å². The predicted molar refractivity (Wildman–Crippen MR) is 181 cm³/mol. The number of rotatable bonds is 14. The highest BCUT2D eigenvalue weighted by Crippen LogP contribution is 2.22. The van der Waals surface area contributed by atoms with Crippen molar-refractivity contribution in [1.29, 1.82) is 0 Å². The van der Waals surface area contributed by atoms with Crippen LogP contribution in [-0.4, -0.2) is 77.8 Å². The van der Waals surface area contributed by atoms with E-state index in [0.717, 1.165) is 24.2 Å². The SMILES string of the molecule is C=C/C=N/N(C/C=C(\C)N1CCC(Oc2cccc(C(=O)N/N=C/c3ccccc3O)c2)C1)CC(=O)N/N=C/c1ccc(Cl)cc1. The fraction of sp³-hybridized carbons (Fsp3) is 0.206. The summed E-state index contributed by atoms with van der Waals surface area (Å²) in [6, 6.07) is 20.7. The van der Waals surface area contributed by atoms with Gasteiger partial charge in [-0.2, -0.15) is 15.3 Å². The van der Waals surface area contributed by atoms with Crippen LogP contribution in [0.5, 0.6) is 11.5 Å². The number of carbonyl (C=O) groups excluding carboxylic acids is 2. The molecule has 2 amide bonds. The lowest BCUT2D eigenvalue weighted by molar-refractivity contribution is -0.122. The minimum Gasteiger partial charge on any atom is -0.507 e. The van der Waals surface area contributed by atoms with Gasteiger partial charge in [0, 0.05) is 41.0 Å². The number of allylic oxidation sites excluding steroid dienone is 2. The smallest absolute Gasteiger partial charge is 0.271 e. The van der Waals surface area contributed by atoms with Crippen LogP contribution in [0.1, 0.15) is 34.8 Å². The molecule has 0 aliphatic carbocycles. The van der Waals surface area contributed by atoms with E-state index in [9.17, 15) is 14.7 Å². The van der Waals surface area contributed by atoms with Crippen LogP contribution < -0.4 is 15.6 Å². The zero-order valence-corrected chi connectivity index (χ0v) is 26.2. The number of nitrogens with one attached hydrogen (secondary N) is 2. The number of hydrogen-bond acceptors (Lipinski definition) is 9. The summed E-state index contributed by atoms with van der Waals surface area (Å²) < 4.78 is 6.20. The van der Waals surface area contributed by atoms with Crippen LogP contribution in [-0.2, 0) is 4.79 Å². The van der Waals surface area contributed by atoms with Gasteiger partial charge in [-0.05, 0) is 67.1 Å². The van der Waals surface area contributed by atoms with Crippen LogP contribution in [0.25, 0.3) is 0 Å². The number of para-hydroxylation sites is 1. The van der Waals surface area contributed by atoms with Crippen molar-refractivity contribution in [3.05, 3.63) is 119 Å². The highest BCUT2D eigenvalue weighted by Gasteiger charge is 2.24. The van der Waals surface area contributed by atoms with Crippen molar-refractivity contribution in [1.82, 2.24) is 20.8 Å². The molecular weight excluding hydrogens is 606 g/mol. The van der Waals surface area contributed by atoms with Gasteiger partial charge in [-0.15, -0.1) is 0 Å². The van der Waals surface area contributed by atoms with Crippen molar-refractivity contribution >= 4 is 42.1 Å². The van der Waals surface area contributed by atoms with Gasteiger partial charge in [0.25, 0.3) is 11.8 Å². The van der Waals surface area contributed by atoms with E-state index in [2.05, 4.69) is 37.6 Å². The van der Waals surface area contributed by atoms with E-state index < -0.39 is 5.91 Å². The molecule has 46 heavy (non-hydrogen) atoms. The highest BCUT2D eigenvalue weighted by molar-refractivity contribution is 6.30. The number of benzene rings is 3. The third-order valence-electron chi connectivity index (χ3n) is 6.88. The molecule has 4 rings (SSSR count). The first kappa shape index (κ1) is 33.5. The minimum atomic E-state index is -0.394. The van der Waals surface area contributed by atoms with Gasteiger partial charge in [0.15, 0.2) is 0 Å². The Hall–Kier alpha value is -5.42. The summed E-state index contributed by atoms with van der Waals surface area (Å²) in [6.45, 7) is 7.53. The van der Waals surface area contributed by atoms with Crippen LogP contribution in [0, 0.1) is 0 Å². The van der Waals surface area contributed by atoms with Crippen LogP contribution in [0.2, 0.25) is 5.02 Å². The lowest BCUT2D eigenvalue weighted by Crippen LogP contribution is -2.33. The first-order chi connectivity index (χ1) is 22.3. The molecule has 0 spiro atoms. The van der Waals surface area contributed by atoms with Gasteiger partial charge in [0.2, 0.25) is 0 Å². The van der Waals surface area contributed by atoms with Gasteiger partial charge in [0.05, 0.1) is 25.5 Å². The Morgan fingerprint density at radius 2 is 1.87 bits per heavy atom. The van der Waals surface area contributed by atoms with Crippen molar-refractivity contribution in [3.63, 3.8) is 0 Å². The second kappa shape index (κ2) is 17.2. The number of aromatic hydroxyl groups is 1. The van der Waals surface area contributed by atoms with E-state index >= 15 is 0 Å². The molecule has 1 aliphatic heterocycles. The number of phenols is 1. The van der Waals surface area contributed by atoms with E-state index in [0.29, 0.717) is 35.0 Å². The summed E-state index contributed by atoms with van der Waals surface area (Å²) >= 11 is 5.90. The number of hydrazone groups is 3. The number of carbonyl (C=O) groups is 2. The fourth-order valence-corrected chi connectivity index (χ4v) is 4.58. The number of hydrogen-bond donors (Lipinski definition) is 3. The molecule has 1 atom stereocenters. The first-order valence-electron chi connectivity index (χ1n) is 14.6. The lowest BCUT2D eigenvalue weighted by atomic mass is 10.2. The molecule has 0 aromatic heterocycles. The molecule has 0 radical (unpaired) electrons. The fourth-order valence-electron chi connectivity index (χ4n) is 4.46. The number of ether oxygens (including phenoxy) is 1.